The minimum atomic E-state index is -0.624. The molecule has 0 saturated heterocycles. The molecular weight excluding hydrogens is 394 g/mol. The van der Waals surface area contributed by atoms with Crippen LogP contribution < -0.4 is 19.9 Å². The molecule has 2 aromatic carbocycles. The zero-order valence-electron chi connectivity index (χ0n) is 16.3. The maximum atomic E-state index is 12.3. The van der Waals surface area contributed by atoms with E-state index in [0.29, 0.717) is 22.8 Å². The Bertz CT molecular complexity index is 1050. The van der Waals surface area contributed by atoms with Crippen LogP contribution in [0.1, 0.15) is 16.2 Å². The SMILES string of the molecule is COc1ccc(-c2noc(COC(=O)c3cccc(OCC(N)=O)c3)n2)c(OC)c1. The third-order valence-corrected chi connectivity index (χ3v) is 3.90. The van der Waals surface area contributed by atoms with E-state index in [-0.39, 0.29) is 30.5 Å². The van der Waals surface area contributed by atoms with Crippen molar-refractivity contribution in [2.24, 2.45) is 5.73 Å². The Hall–Kier alpha value is -4.08. The number of amides is 1. The van der Waals surface area contributed by atoms with E-state index in [4.69, 9.17) is 29.2 Å². The number of nitrogens with zero attached hydrogens (tertiary/aromatic N) is 2. The van der Waals surface area contributed by atoms with E-state index >= 15 is 0 Å². The first-order valence-corrected chi connectivity index (χ1v) is 8.73. The van der Waals surface area contributed by atoms with Crippen LogP contribution in [0.2, 0.25) is 0 Å². The van der Waals surface area contributed by atoms with Crippen LogP contribution in [-0.2, 0) is 16.1 Å². The lowest BCUT2D eigenvalue weighted by Crippen LogP contribution is -2.20. The van der Waals surface area contributed by atoms with Crippen molar-refractivity contribution in [3.05, 3.63) is 53.9 Å². The number of hydrogen-bond acceptors (Lipinski definition) is 9. The topological polar surface area (TPSA) is 136 Å². The van der Waals surface area contributed by atoms with Crippen LogP contribution in [0.15, 0.2) is 47.0 Å². The summed E-state index contributed by atoms with van der Waals surface area (Å²) >= 11 is 0. The van der Waals surface area contributed by atoms with E-state index < -0.39 is 11.9 Å². The Morgan fingerprint density at radius 2 is 1.90 bits per heavy atom. The van der Waals surface area contributed by atoms with Crippen LogP contribution in [0, 0.1) is 0 Å². The Balaban J connectivity index is 1.65. The number of nitrogens with two attached hydrogens (primary N) is 1. The number of esters is 1. The van der Waals surface area contributed by atoms with Gasteiger partial charge in [0.05, 0.1) is 25.3 Å². The van der Waals surface area contributed by atoms with Gasteiger partial charge in [0.1, 0.15) is 17.2 Å². The van der Waals surface area contributed by atoms with Gasteiger partial charge in [-0.3, -0.25) is 4.79 Å². The van der Waals surface area contributed by atoms with Gasteiger partial charge in [-0.15, -0.1) is 0 Å². The van der Waals surface area contributed by atoms with Crippen LogP contribution in [0.4, 0.5) is 0 Å². The van der Waals surface area contributed by atoms with Crippen molar-refractivity contribution < 1.29 is 33.1 Å². The zero-order chi connectivity index (χ0) is 21.5. The van der Waals surface area contributed by atoms with Gasteiger partial charge in [0.2, 0.25) is 5.82 Å². The number of primary amides is 1. The Labute approximate surface area is 171 Å². The lowest BCUT2D eigenvalue weighted by molar-refractivity contribution is -0.119. The van der Waals surface area contributed by atoms with Gasteiger partial charge in [0.15, 0.2) is 13.2 Å². The molecule has 10 nitrogen and oxygen atoms in total. The molecule has 0 fully saturated rings. The lowest BCUT2D eigenvalue weighted by atomic mass is 10.2. The van der Waals surface area contributed by atoms with E-state index in [2.05, 4.69) is 10.1 Å². The molecule has 156 valence electrons. The van der Waals surface area contributed by atoms with Crippen molar-refractivity contribution >= 4 is 11.9 Å². The number of ether oxygens (including phenoxy) is 4. The summed E-state index contributed by atoms with van der Waals surface area (Å²) in [5.74, 6) is 0.585. The van der Waals surface area contributed by atoms with Crippen molar-refractivity contribution in [3.63, 3.8) is 0 Å². The van der Waals surface area contributed by atoms with Crippen LogP contribution in [0.5, 0.6) is 17.2 Å². The molecule has 1 aromatic heterocycles. The van der Waals surface area contributed by atoms with Crippen molar-refractivity contribution in [2.75, 3.05) is 20.8 Å². The van der Waals surface area contributed by atoms with E-state index in [9.17, 15) is 9.59 Å². The van der Waals surface area contributed by atoms with Crippen LogP contribution in [0.3, 0.4) is 0 Å². The first kappa shape index (κ1) is 20.6. The number of hydrogen-bond donors (Lipinski definition) is 1. The number of carbonyl (C=O) groups excluding carboxylic acids is 2. The second kappa shape index (κ2) is 9.41. The molecule has 0 spiro atoms. The summed E-state index contributed by atoms with van der Waals surface area (Å²) in [5.41, 5.74) is 5.86. The summed E-state index contributed by atoms with van der Waals surface area (Å²) in [6, 6.07) is 11.3. The summed E-state index contributed by atoms with van der Waals surface area (Å²) in [7, 11) is 3.07. The maximum absolute atomic E-state index is 12.3. The smallest absolute Gasteiger partial charge is 0.338 e. The Morgan fingerprint density at radius 3 is 2.63 bits per heavy atom. The number of methoxy groups -OCH3 is 2. The van der Waals surface area contributed by atoms with Gasteiger partial charge < -0.3 is 29.2 Å². The average molecular weight is 413 g/mol. The molecule has 0 bridgehead atoms. The predicted octanol–water partition coefficient (Wildman–Crippen LogP) is 1.97. The maximum Gasteiger partial charge on any atom is 0.338 e. The zero-order valence-corrected chi connectivity index (χ0v) is 16.3. The van der Waals surface area contributed by atoms with Crippen molar-refractivity contribution in [1.29, 1.82) is 0 Å². The third kappa shape index (κ3) is 5.04. The minimum Gasteiger partial charge on any atom is -0.497 e. The second-order valence-electron chi connectivity index (χ2n) is 5.94. The molecule has 1 heterocycles. The molecule has 0 aliphatic heterocycles. The molecule has 3 aromatic rings. The lowest BCUT2D eigenvalue weighted by Gasteiger charge is -2.07. The largest absolute Gasteiger partial charge is 0.497 e. The summed E-state index contributed by atoms with van der Waals surface area (Å²) in [5, 5.41) is 3.89. The third-order valence-electron chi connectivity index (χ3n) is 3.90. The first-order valence-electron chi connectivity index (χ1n) is 8.73. The van der Waals surface area contributed by atoms with Gasteiger partial charge in [-0.1, -0.05) is 11.2 Å². The van der Waals surface area contributed by atoms with E-state index in [0.717, 1.165) is 0 Å². The molecule has 1 amide bonds. The normalized spacial score (nSPS) is 10.3. The summed E-state index contributed by atoms with van der Waals surface area (Å²) in [6.07, 6.45) is 0. The highest BCUT2D eigenvalue weighted by atomic mass is 16.6. The fourth-order valence-corrected chi connectivity index (χ4v) is 2.48. The standard InChI is InChI=1S/C20H19N3O7/c1-26-13-6-7-15(16(9-13)27-2)19-22-18(30-23-19)11-29-20(25)12-4-3-5-14(8-12)28-10-17(21)24/h3-9H,10-11H2,1-2H3,(H2,21,24). The summed E-state index contributed by atoms with van der Waals surface area (Å²) in [4.78, 5) is 27.3. The highest BCUT2D eigenvalue weighted by Crippen LogP contribution is 2.31. The minimum absolute atomic E-state index is 0.109. The van der Waals surface area contributed by atoms with Gasteiger partial charge >= 0.3 is 5.97 Å². The molecular formula is C20H19N3O7. The van der Waals surface area contributed by atoms with Crippen molar-refractivity contribution in [2.45, 2.75) is 6.61 Å². The van der Waals surface area contributed by atoms with E-state index in [1.165, 1.54) is 13.2 Å². The van der Waals surface area contributed by atoms with Crippen molar-refractivity contribution in [3.8, 4) is 28.6 Å². The molecule has 10 heteroatoms. The molecule has 0 aliphatic carbocycles. The Kier molecular flexibility index (Phi) is 6.48. The Morgan fingerprint density at radius 1 is 1.07 bits per heavy atom. The average Bonchev–Trinajstić information content (AvgIpc) is 3.24. The van der Waals surface area contributed by atoms with Crippen LogP contribution in [-0.4, -0.2) is 42.8 Å². The van der Waals surface area contributed by atoms with Gasteiger partial charge in [0, 0.05) is 6.07 Å². The van der Waals surface area contributed by atoms with Gasteiger partial charge in [0.25, 0.3) is 11.8 Å². The number of aromatic nitrogens is 2. The second-order valence-corrected chi connectivity index (χ2v) is 5.94. The highest BCUT2D eigenvalue weighted by Gasteiger charge is 2.16. The van der Waals surface area contributed by atoms with Gasteiger partial charge in [-0.05, 0) is 30.3 Å². The van der Waals surface area contributed by atoms with Gasteiger partial charge in [-0.2, -0.15) is 4.98 Å². The number of carbonyl (C=O) groups is 2. The van der Waals surface area contributed by atoms with E-state index in [1.54, 1.807) is 43.5 Å². The monoisotopic (exact) mass is 413 g/mol. The predicted molar refractivity (Wildman–Crippen MR) is 103 cm³/mol. The fourth-order valence-electron chi connectivity index (χ4n) is 2.48. The quantitative estimate of drug-likeness (QED) is 0.522. The molecule has 0 saturated carbocycles. The summed E-state index contributed by atoms with van der Waals surface area (Å²) < 4.78 is 26.0. The molecule has 30 heavy (non-hydrogen) atoms. The number of benzene rings is 2. The molecule has 0 unspecified atom stereocenters. The highest BCUT2D eigenvalue weighted by molar-refractivity contribution is 5.89. The molecule has 2 N–H and O–H groups in total. The summed E-state index contributed by atoms with van der Waals surface area (Å²) in [6.45, 7) is -0.519. The molecule has 0 radical (unpaired) electrons. The molecule has 0 atom stereocenters. The fraction of sp³-hybridized carbons (Fsp3) is 0.200. The number of rotatable bonds is 9. The van der Waals surface area contributed by atoms with Crippen molar-refractivity contribution in [1.82, 2.24) is 10.1 Å². The van der Waals surface area contributed by atoms with Gasteiger partial charge in [-0.25, -0.2) is 4.79 Å². The van der Waals surface area contributed by atoms with Crippen LogP contribution >= 0.6 is 0 Å². The van der Waals surface area contributed by atoms with E-state index in [1.807, 2.05) is 0 Å². The molecule has 3 rings (SSSR count). The molecule has 0 aliphatic rings. The van der Waals surface area contributed by atoms with Crippen LogP contribution in [0.25, 0.3) is 11.4 Å². The first-order chi connectivity index (χ1) is 14.5.